The maximum absolute atomic E-state index is 12.8. The average Bonchev–Trinajstić information content (AvgIpc) is 2.61. The second-order valence-corrected chi connectivity index (χ2v) is 7.08. The fourth-order valence-electron chi connectivity index (χ4n) is 3.33. The van der Waals surface area contributed by atoms with E-state index in [1.54, 1.807) is 13.0 Å². The van der Waals surface area contributed by atoms with E-state index in [9.17, 15) is 23.1 Å². The number of aryl methyl sites for hydroxylation is 1. The lowest BCUT2D eigenvalue weighted by Crippen LogP contribution is -2.38. The first-order valence-electron chi connectivity index (χ1n) is 8.89. The van der Waals surface area contributed by atoms with Crippen LogP contribution in [0.1, 0.15) is 24.0 Å². The molecule has 0 saturated carbocycles. The van der Waals surface area contributed by atoms with E-state index in [0.29, 0.717) is 18.2 Å². The van der Waals surface area contributed by atoms with Crippen molar-refractivity contribution in [3.63, 3.8) is 0 Å². The molecule has 1 atom stereocenters. The van der Waals surface area contributed by atoms with E-state index in [4.69, 9.17) is 0 Å². The smallest absolute Gasteiger partial charge is 0.416 e. The number of aromatic nitrogens is 2. The normalized spacial score (nSPS) is 18.1. The number of halogens is 3. The Kier molecular flexibility index (Phi) is 5.55. The molecule has 1 aromatic heterocycles. The number of piperidine rings is 1. The van der Waals surface area contributed by atoms with Crippen LogP contribution >= 0.6 is 0 Å². The summed E-state index contributed by atoms with van der Waals surface area (Å²) in [5.74, 6) is -0.523. The van der Waals surface area contributed by atoms with Gasteiger partial charge in [0.05, 0.1) is 17.2 Å². The standard InChI is InChI=1S/C19H21F3N4O2/c1-11-8-16(23-18(28)12-4-3-7-26(2)10-12)24-25-17(11)14-6-5-13(9-15(14)27)19(20,21)22/h5-6,8-9,12,27H,3-4,7,10H2,1-2H3,(H,23,24,28). The Morgan fingerprint density at radius 2 is 2.04 bits per heavy atom. The first-order valence-corrected chi connectivity index (χ1v) is 8.89. The van der Waals surface area contributed by atoms with Gasteiger partial charge in [-0.1, -0.05) is 0 Å². The van der Waals surface area contributed by atoms with Gasteiger partial charge in [0, 0.05) is 12.1 Å². The first kappa shape index (κ1) is 20.1. The van der Waals surface area contributed by atoms with Gasteiger partial charge in [0.2, 0.25) is 5.91 Å². The molecule has 1 fully saturated rings. The summed E-state index contributed by atoms with van der Waals surface area (Å²) < 4.78 is 38.3. The van der Waals surface area contributed by atoms with Gasteiger partial charge in [0.25, 0.3) is 0 Å². The predicted molar refractivity (Wildman–Crippen MR) is 97.7 cm³/mol. The van der Waals surface area contributed by atoms with Crippen LogP contribution in [0.3, 0.4) is 0 Å². The molecule has 2 aromatic rings. The van der Waals surface area contributed by atoms with Crippen LogP contribution in [0.5, 0.6) is 5.75 Å². The summed E-state index contributed by atoms with van der Waals surface area (Å²) in [6.45, 7) is 3.33. The summed E-state index contributed by atoms with van der Waals surface area (Å²) >= 11 is 0. The van der Waals surface area contributed by atoms with E-state index >= 15 is 0 Å². The molecular weight excluding hydrogens is 373 g/mol. The molecule has 1 aromatic carbocycles. The molecule has 9 heteroatoms. The third-order valence-corrected chi connectivity index (χ3v) is 4.81. The predicted octanol–water partition coefficient (Wildman–Crippen LogP) is 3.46. The molecule has 1 aliphatic rings. The van der Waals surface area contributed by atoms with E-state index in [1.807, 2.05) is 7.05 Å². The average molecular weight is 394 g/mol. The van der Waals surface area contributed by atoms with Crippen molar-refractivity contribution in [2.24, 2.45) is 5.92 Å². The summed E-state index contributed by atoms with van der Waals surface area (Å²) in [5, 5.41) is 20.7. The number of hydrogen-bond acceptors (Lipinski definition) is 5. The minimum atomic E-state index is -4.54. The van der Waals surface area contributed by atoms with Crippen LogP contribution in [0, 0.1) is 12.8 Å². The number of benzene rings is 1. The number of anilines is 1. The van der Waals surface area contributed by atoms with Gasteiger partial charge in [-0.3, -0.25) is 4.79 Å². The topological polar surface area (TPSA) is 78.4 Å². The lowest BCUT2D eigenvalue weighted by Gasteiger charge is -2.28. The summed E-state index contributed by atoms with van der Waals surface area (Å²) in [4.78, 5) is 14.5. The van der Waals surface area contributed by atoms with E-state index in [2.05, 4.69) is 20.4 Å². The van der Waals surface area contributed by atoms with Crippen LogP contribution in [0.15, 0.2) is 24.3 Å². The number of alkyl halides is 3. The highest BCUT2D eigenvalue weighted by atomic mass is 19.4. The van der Waals surface area contributed by atoms with Crippen LogP contribution in [-0.2, 0) is 11.0 Å². The van der Waals surface area contributed by atoms with Crippen molar-refractivity contribution in [2.45, 2.75) is 25.9 Å². The lowest BCUT2D eigenvalue weighted by atomic mass is 9.97. The molecule has 28 heavy (non-hydrogen) atoms. The Balaban J connectivity index is 1.78. The van der Waals surface area contributed by atoms with Gasteiger partial charge in [-0.15, -0.1) is 10.2 Å². The number of nitrogens with zero attached hydrogens (tertiary/aromatic N) is 3. The minimum Gasteiger partial charge on any atom is -0.507 e. The SMILES string of the molecule is Cc1cc(NC(=O)C2CCCN(C)C2)nnc1-c1ccc(C(F)(F)F)cc1O. The van der Waals surface area contributed by atoms with Gasteiger partial charge < -0.3 is 15.3 Å². The summed E-state index contributed by atoms with van der Waals surface area (Å²) in [7, 11) is 1.97. The van der Waals surface area contributed by atoms with E-state index in [-0.39, 0.29) is 28.9 Å². The molecule has 0 radical (unpaired) electrons. The van der Waals surface area contributed by atoms with Gasteiger partial charge >= 0.3 is 6.18 Å². The molecular formula is C19H21F3N4O2. The summed E-state index contributed by atoms with van der Waals surface area (Å²) in [6, 6.07) is 4.28. The number of phenolic OH excluding ortho intramolecular Hbond substituents is 1. The molecule has 1 unspecified atom stereocenters. The number of rotatable bonds is 3. The maximum Gasteiger partial charge on any atom is 0.416 e. The largest absolute Gasteiger partial charge is 0.507 e. The molecule has 1 amide bonds. The van der Waals surface area contributed by atoms with Crippen LogP contribution < -0.4 is 5.32 Å². The molecule has 1 saturated heterocycles. The highest BCUT2D eigenvalue weighted by Crippen LogP contribution is 2.36. The molecule has 1 aliphatic heterocycles. The Morgan fingerprint density at radius 1 is 1.29 bits per heavy atom. The quantitative estimate of drug-likeness (QED) is 0.834. The number of amides is 1. The zero-order chi connectivity index (χ0) is 20.5. The zero-order valence-electron chi connectivity index (χ0n) is 15.5. The maximum atomic E-state index is 12.8. The molecule has 0 aliphatic carbocycles. The van der Waals surface area contributed by atoms with Crippen molar-refractivity contribution in [1.82, 2.24) is 15.1 Å². The second-order valence-electron chi connectivity index (χ2n) is 7.08. The molecule has 0 bridgehead atoms. The highest BCUT2D eigenvalue weighted by Gasteiger charge is 2.31. The number of carbonyl (C=O) groups excluding carboxylic acids is 1. The number of likely N-dealkylation sites (tertiary alicyclic amines) is 1. The molecule has 0 spiro atoms. The number of aromatic hydroxyl groups is 1. The first-order chi connectivity index (χ1) is 13.1. The van der Waals surface area contributed by atoms with Crippen LogP contribution in [-0.4, -0.2) is 46.2 Å². The molecule has 3 rings (SSSR count). The van der Waals surface area contributed by atoms with Gasteiger partial charge in [0.1, 0.15) is 5.75 Å². The van der Waals surface area contributed by atoms with Crippen molar-refractivity contribution in [3.05, 3.63) is 35.4 Å². The highest BCUT2D eigenvalue weighted by molar-refractivity contribution is 5.92. The number of hydrogen-bond donors (Lipinski definition) is 2. The Labute approximate surface area is 160 Å². The van der Waals surface area contributed by atoms with E-state index in [1.165, 1.54) is 0 Å². The fraction of sp³-hybridized carbons (Fsp3) is 0.421. The molecule has 2 heterocycles. The third-order valence-electron chi connectivity index (χ3n) is 4.81. The van der Waals surface area contributed by atoms with Crippen molar-refractivity contribution in [1.29, 1.82) is 0 Å². The summed E-state index contributed by atoms with van der Waals surface area (Å²) in [6.07, 6.45) is -2.79. The van der Waals surface area contributed by atoms with Gasteiger partial charge in [-0.05, 0) is 63.2 Å². The van der Waals surface area contributed by atoms with Crippen LogP contribution in [0.25, 0.3) is 11.3 Å². The van der Waals surface area contributed by atoms with Gasteiger partial charge in [-0.2, -0.15) is 13.2 Å². The number of nitrogens with one attached hydrogen (secondary N) is 1. The van der Waals surface area contributed by atoms with Crippen molar-refractivity contribution < 1.29 is 23.1 Å². The number of carbonyl (C=O) groups is 1. The van der Waals surface area contributed by atoms with Crippen LogP contribution in [0.4, 0.5) is 19.0 Å². The van der Waals surface area contributed by atoms with Crippen molar-refractivity contribution >= 4 is 11.7 Å². The fourth-order valence-corrected chi connectivity index (χ4v) is 3.33. The van der Waals surface area contributed by atoms with E-state index < -0.39 is 17.5 Å². The van der Waals surface area contributed by atoms with Gasteiger partial charge in [0.15, 0.2) is 5.82 Å². The van der Waals surface area contributed by atoms with Crippen molar-refractivity contribution in [2.75, 3.05) is 25.5 Å². The Hall–Kier alpha value is -2.68. The van der Waals surface area contributed by atoms with E-state index in [0.717, 1.165) is 31.5 Å². The lowest BCUT2D eigenvalue weighted by molar-refractivity contribution is -0.137. The third kappa shape index (κ3) is 4.41. The zero-order valence-corrected chi connectivity index (χ0v) is 15.5. The Morgan fingerprint density at radius 3 is 2.64 bits per heavy atom. The molecule has 6 nitrogen and oxygen atoms in total. The number of phenols is 1. The summed E-state index contributed by atoms with van der Waals surface area (Å²) in [5.41, 5.74) is 0.0215. The monoisotopic (exact) mass is 394 g/mol. The molecule has 150 valence electrons. The minimum absolute atomic E-state index is 0.125. The van der Waals surface area contributed by atoms with Gasteiger partial charge in [-0.25, -0.2) is 0 Å². The van der Waals surface area contributed by atoms with Crippen molar-refractivity contribution in [3.8, 4) is 17.0 Å². The second kappa shape index (κ2) is 7.75. The van der Waals surface area contributed by atoms with Crippen LogP contribution in [0.2, 0.25) is 0 Å². The Bertz CT molecular complexity index is 886. The molecule has 2 N–H and O–H groups in total.